The Morgan fingerprint density at radius 2 is 1.89 bits per heavy atom. The van der Waals surface area contributed by atoms with Crippen molar-refractivity contribution >= 4 is 16.6 Å². The fraction of sp³-hybridized carbons (Fsp3) is 0.190. The number of hydrogen-bond acceptors (Lipinski definition) is 4. The highest BCUT2D eigenvalue weighted by Crippen LogP contribution is 2.43. The van der Waals surface area contributed by atoms with Gasteiger partial charge in [-0.1, -0.05) is 18.2 Å². The molecular formula is C21H17F2N5. The third-order valence-electron chi connectivity index (χ3n) is 5.16. The van der Waals surface area contributed by atoms with Crippen molar-refractivity contribution in [3.63, 3.8) is 0 Å². The van der Waals surface area contributed by atoms with E-state index in [9.17, 15) is 0 Å². The van der Waals surface area contributed by atoms with Crippen molar-refractivity contribution < 1.29 is 8.78 Å². The van der Waals surface area contributed by atoms with Gasteiger partial charge in [0, 0.05) is 17.6 Å². The van der Waals surface area contributed by atoms with Crippen LogP contribution in [0.5, 0.6) is 0 Å². The van der Waals surface area contributed by atoms with Gasteiger partial charge in [0.15, 0.2) is 11.6 Å². The topological polar surface area (TPSA) is 55.6 Å². The van der Waals surface area contributed by atoms with Gasteiger partial charge in [0.2, 0.25) is 0 Å². The molecule has 0 radical (unpaired) electrons. The van der Waals surface area contributed by atoms with Crippen LogP contribution < -0.4 is 5.32 Å². The molecule has 7 heteroatoms. The standard InChI is InChI=1S/C21H17F2N5/c1-11-26-27-20-21(2,3)25-16-10-14(22)17(18(23)19(16)28(11)20)13-6-4-8-15-12(13)7-5-9-24-15/h4-10,25H,1-3H3. The summed E-state index contributed by atoms with van der Waals surface area (Å²) >= 11 is 0. The Kier molecular flexibility index (Phi) is 3.34. The molecule has 0 spiro atoms. The van der Waals surface area contributed by atoms with Crippen LogP contribution >= 0.6 is 0 Å². The molecule has 0 bridgehead atoms. The molecule has 28 heavy (non-hydrogen) atoms. The Balaban J connectivity index is 1.86. The maximum Gasteiger partial charge on any atom is 0.162 e. The molecule has 4 aromatic rings. The Labute approximate surface area is 160 Å². The highest BCUT2D eigenvalue weighted by atomic mass is 19.1. The summed E-state index contributed by atoms with van der Waals surface area (Å²) in [6.45, 7) is 5.55. The Hall–Kier alpha value is -3.35. The SMILES string of the molecule is Cc1nnc2n1-c1c(cc(F)c(-c3cccc4ncccc34)c1F)NC2(C)C. The normalized spacial score (nSPS) is 14.5. The van der Waals surface area contributed by atoms with Crippen molar-refractivity contribution in [2.75, 3.05) is 5.32 Å². The van der Waals surface area contributed by atoms with E-state index in [2.05, 4.69) is 20.5 Å². The average molecular weight is 377 g/mol. The summed E-state index contributed by atoms with van der Waals surface area (Å²) in [7, 11) is 0. The van der Waals surface area contributed by atoms with Gasteiger partial charge in [0.1, 0.15) is 17.3 Å². The maximum absolute atomic E-state index is 15.8. The number of aromatic nitrogens is 4. The van der Waals surface area contributed by atoms with Gasteiger partial charge in [0.05, 0.1) is 22.3 Å². The Bertz CT molecular complexity index is 1250. The van der Waals surface area contributed by atoms with Gasteiger partial charge in [-0.2, -0.15) is 0 Å². The van der Waals surface area contributed by atoms with Crippen LogP contribution in [0.2, 0.25) is 0 Å². The summed E-state index contributed by atoms with van der Waals surface area (Å²) in [6.07, 6.45) is 1.66. The molecule has 1 N–H and O–H groups in total. The van der Waals surface area contributed by atoms with Crippen LogP contribution in [0.4, 0.5) is 14.5 Å². The van der Waals surface area contributed by atoms with E-state index in [1.807, 2.05) is 26.0 Å². The molecule has 0 atom stereocenters. The number of pyridine rings is 1. The second kappa shape index (κ2) is 5.58. The molecule has 0 unspecified atom stereocenters. The molecule has 2 aromatic heterocycles. The monoisotopic (exact) mass is 377 g/mol. The van der Waals surface area contributed by atoms with E-state index >= 15 is 8.78 Å². The zero-order valence-corrected chi connectivity index (χ0v) is 15.6. The van der Waals surface area contributed by atoms with Gasteiger partial charge in [-0.05, 0) is 38.5 Å². The number of nitrogens with zero attached hydrogens (tertiary/aromatic N) is 4. The van der Waals surface area contributed by atoms with E-state index in [1.54, 1.807) is 35.9 Å². The average Bonchev–Trinajstić information content (AvgIpc) is 3.04. The molecule has 5 nitrogen and oxygen atoms in total. The summed E-state index contributed by atoms with van der Waals surface area (Å²) in [6, 6.07) is 10.2. The lowest BCUT2D eigenvalue weighted by Gasteiger charge is -2.34. The van der Waals surface area contributed by atoms with Gasteiger partial charge < -0.3 is 5.32 Å². The van der Waals surface area contributed by atoms with Crippen LogP contribution in [0.1, 0.15) is 25.5 Å². The summed E-state index contributed by atoms with van der Waals surface area (Å²) in [5.41, 5.74) is 1.04. The number of aryl methyl sites for hydroxylation is 1. The maximum atomic E-state index is 15.8. The predicted molar refractivity (Wildman–Crippen MR) is 103 cm³/mol. The quantitative estimate of drug-likeness (QED) is 0.521. The highest BCUT2D eigenvalue weighted by Gasteiger charge is 2.37. The first-order valence-electron chi connectivity index (χ1n) is 8.95. The number of halogens is 2. The van der Waals surface area contributed by atoms with E-state index in [-0.39, 0.29) is 11.3 Å². The largest absolute Gasteiger partial charge is 0.371 e. The molecule has 3 heterocycles. The molecule has 0 aliphatic carbocycles. The van der Waals surface area contributed by atoms with Crippen molar-refractivity contribution in [3.05, 3.63) is 65.9 Å². The van der Waals surface area contributed by atoms with Crippen LogP contribution in [-0.2, 0) is 5.54 Å². The van der Waals surface area contributed by atoms with Crippen molar-refractivity contribution in [1.82, 2.24) is 19.7 Å². The first-order valence-corrected chi connectivity index (χ1v) is 8.95. The Morgan fingerprint density at radius 3 is 2.71 bits per heavy atom. The van der Waals surface area contributed by atoms with E-state index in [0.29, 0.717) is 33.8 Å². The second-order valence-electron chi connectivity index (χ2n) is 7.48. The molecule has 0 fully saturated rings. The zero-order valence-electron chi connectivity index (χ0n) is 15.6. The van der Waals surface area contributed by atoms with E-state index < -0.39 is 17.2 Å². The Morgan fingerprint density at radius 1 is 1.07 bits per heavy atom. The number of benzene rings is 2. The molecule has 0 saturated carbocycles. The van der Waals surface area contributed by atoms with Gasteiger partial charge >= 0.3 is 0 Å². The van der Waals surface area contributed by atoms with Crippen LogP contribution in [0.3, 0.4) is 0 Å². The minimum atomic E-state index is -0.654. The van der Waals surface area contributed by atoms with Crippen molar-refractivity contribution in [2.24, 2.45) is 0 Å². The number of rotatable bonds is 1. The minimum absolute atomic E-state index is 0.0853. The molecule has 0 saturated heterocycles. The first-order chi connectivity index (χ1) is 13.4. The van der Waals surface area contributed by atoms with Gasteiger partial charge in [0.25, 0.3) is 0 Å². The molecule has 5 rings (SSSR count). The number of hydrogen-bond donors (Lipinski definition) is 1. The third-order valence-corrected chi connectivity index (χ3v) is 5.16. The summed E-state index contributed by atoms with van der Waals surface area (Å²) in [4.78, 5) is 4.29. The number of fused-ring (bicyclic) bond motifs is 4. The van der Waals surface area contributed by atoms with Gasteiger partial charge in [-0.15, -0.1) is 10.2 Å². The molecule has 1 aliphatic heterocycles. The molecule has 1 aliphatic rings. The van der Waals surface area contributed by atoms with Crippen LogP contribution in [0.25, 0.3) is 27.7 Å². The lowest BCUT2D eigenvalue weighted by Crippen LogP contribution is -2.36. The molecular weight excluding hydrogens is 360 g/mol. The third kappa shape index (κ3) is 2.19. The molecule has 2 aromatic carbocycles. The van der Waals surface area contributed by atoms with E-state index in [1.165, 1.54) is 6.07 Å². The van der Waals surface area contributed by atoms with Crippen LogP contribution in [-0.4, -0.2) is 19.7 Å². The summed E-state index contributed by atoms with van der Waals surface area (Å²) in [5, 5.41) is 12.2. The zero-order chi connectivity index (χ0) is 19.6. The van der Waals surface area contributed by atoms with E-state index in [4.69, 9.17) is 0 Å². The molecule has 0 amide bonds. The summed E-state index contributed by atoms with van der Waals surface area (Å²) < 4.78 is 32.7. The lowest BCUT2D eigenvalue weighted by atomic mass is 9.95. The summed E-state index contributed by atoms with van der Waals surface area (Å²) in [5.74, 6) is -0.168. The number of nitrogens with one attached hydrogen (secondary N) is 1. The van der Waals surface area contributed by atoms with E-state index in [0.717, 1.165) is 0 Å². The molecule has 140 valence electrons. The fourth-order valence-corrected chi connectivity index (χ4v) is 3.92. The van der Waals surface area contributed by atoms with Gasteiger partial charge in [-0.3, -0.25) is 9.55 Å². The highest BCUT2D eigenvalue weighted by molar-refractivity contribution is 5.95. The van der Waals surface area contributed by atoms with Crippen molar-refractivity contribution in [3.8, 4) is 16.8 Å². The number of anilines is 1. The van der Waals surface area contributed by atoms with Crippen LogP contribution in [0, 0.1) is 18.6 Å². The van der Waals surface area contributed by atoms with Crippen molar-refractivity contribution in [2.45, 2.75) is 26.3 Å². The fourth-order valence-electron chi connectivity index (χ4n) is 3.92. The van der Waals surface area contributed by atoms with Gasteiger partial charge in [-0.25, -0.2) is 8.78 Å². The lowest BCUT2D eigenvalue weighted by molar-refractivity contribution is 0.517. The smallest absolute Gasteiger partial charge is 0.162 e. The second-order valence-corrected chi connectivity index (χ2v) is 7.48. The predicted octanol–water partition coefficient (Wildman–Crippen LogP) is 4.73. The van der Waals surface area contributed by atoms with Crippen molar-refractivity contribution in [1.29, 1.82) is 0 Å². The van der Waals surface area contributed by atoms with Crippen LogP contribution in [0.15, 0.2) is 42.6 Å². The minimum Gasteiger partial charge on any atom is -0.371 e. The first kappa shape index (κ1) is 16.8.